The van der Waals surface area contributed by atoms with E-state index in [0.29, 0.717) is 57.4 Å². The summed E-state index contributed by atoms with van der Waals surface area (Å²) in [5.41, 5.74) is 4.54. The molecule has 4 heterocycles. The smallest absolute Gasteiger partial charge is 0.410 e. The molecule has 2 aliphatic heterocycles. The third-order valence-electron chi connectivity index (χ3n) is 12.7. The second kappa shape index (κ2) is 15.1. The molecule has 0 unspecified atom stereocenters. The average Bonchev–Trinajstić information content (AvgIpc) is 3.71. The highest BCUT2D eigenvalue weighted by Gasteiger charge is 2.48. The minimum Gasteiger partial charge on any atom is -0.505 e. The van der Waals surface area contributed by atoms with Gasteiger partial charge in [-0.05, 0) is 86.8 Å². The Morgan fingerprint density at radius 3 is 2.03 bits per heavy atom. The molecule has 0 spiro atoms. The van der Waals surface area contributed by atoms with E-state index < -0.39 is 17.0 Å². The van der Waals surface area contributed by atoms with E-state index in [0.717, 1.165) is 41.5 Å². The number of rotatable bonds is 10. The topological polar surface area (TPSA) is 129 Å². The Balaban J connectivity index is 1.18. The molecular weight excluding hydrogens is 782 g/mol. The van der Waals surface area contributed by atoms with Crippen LogP contribution in [0.2, 0.25) is 0 Å². The number of piperazine rings is 1. The molecule has 3 N–H and O–H groups in total. The van der Waals surface area contributed by atoms with Crippen molar-refractivity contribution in [2.24, 2.45) is 0 Å². The van der Waals surface area contributed by atoms with Gasteiger partial charge in [0.05, 0.1) is 24.2 Å². The van der Waals surface area contributed by atoms with Gasteiger partial charge in [0.2, 0.25) is 5.95 Å². The molecular formula is C50H50FN7O4. The van der Waals surface area contributed by atoms with Crippen molar-refractivity contribution < 1.29 is 24.1 Å². The van der Waals surface area contributed by atoms with E-state index in [4.69, 9.17) is 19.8 Å². The zero-order chi connectivity index (χ0) is 42.9. The first-order valence-electron chi connectivity index (χ1n) is 21.5. The van der Waals surface area contributed by atoms with Crippen molar-refractivity contribution in [2.45, 2.75) is 76.1 Å². The highest BCUT2D eigenvalue weighted by molar-refractivity contribution is 6.06. The number of nitrogens with one attached hydrogen (secondary N) is 1. The predicted molar refractivity (Wildman–Crippen MR) is 239 cm³/mol. The lowest BCUT2D eigenvalue weighted by Crippen LogP contribution is -2.50. The van der Waals surface area contributed by atoms with Crippen molar-refractivity contribution in [3.05, 3.63) is 143 Å². The van der Waals surface area contributed by atoms with Gasteiger partial charge >= 0.3 is 6.09 Å². The van der Waals surface area contributed by atoms with Gasteiger partial charge < -0.3 is 30.1 Å². The number of aromatic nitrogens is 4. The molecule has 1 amide bonds. The van der Waals surface area contributed by atoms with Gasteiger partial charge in [0.15, 0.2) is 0 Å². The fraction of sp³-hybridized carbons (Fsp3) is 0.320. The summed E-state index contributed by atoms with van der Waals surface area (Å²) in [6.07, 6.45) is 4.26. The van der Waals surface area contributed by atoms with Crippen LogP contribution in [0.15, 0.2) is 109 Å². The third kappa shape index (κ3) is 6.59. The van der Waals surface area contributed by atoms with Crippen LogP contribution < -0.4 is 10.2 Å². The molecule has 12 heteroatoms. The second-order valence-electron chi connectivity index (χ2n) is 17.9. The number of likely N-dealkylation sites (tertiary alicyclic amines) is 1. The number of ether oxygens (including phenoxy) is 1. The van der Waals surface area contributed by atoms with Gasteiger partial charge in [0.1, 0.15) is 34.0 Å². The normalized spacial score (nSPS) is 17.6. The van der Waals surface area contributed by atoms with Crippen LogP contribution >= 0.6 is 0 Å². The van der Waals surface area contributed by atoms with Crippen molar-refractivity contribution in [1.29, 1.82) is 0 Å². The van der Waals surface area contributed by atoms with E-state index in [1.54, 1.807) is 6.92 Å². The number of hydrogen-bond acceptors (Lipinski definition) is 9. The molecule has 3 fully saturated rings. The number of phenolic OH excluding ortho intramolecular Hbond substituents is 1. The van der Waals surface area contributed by atoms with Crippen molar-refractivity contribution in [2.75, 3.05) is 36.5 Å². The van der Waals surface area contributed by atoms with Gasteiger partial charge in [-0.1, -0.05) is 91.0 Å². The van der Waals surface area contributed by atoms with E-state index in [1.807, 2.05) is 91.1 Å². The van der Waals surface area contributed by atoms with Crippen LogP contribution in [0.1, 0.15) is 73.8 Å². The van der Waals surface area contributed by atoms with Crippen LogP contribution in [-0.4, -0.2) is 84.9 Å². The standard InChI is InChI=1S/C50H50FN7O4/c1-30-40(51)26-41-39(29-58(55-41)50(32-14-8-5-9-15-32,33-16-10-6-11-17-33)34-18-12-7-13-19-34)42(30)43-37(31-20-21-31)25-38-44(45(43)60)53-47(52-22-23-59)54-46(38)56-27-36-24-35(56)28-57(36)48(61)62-49(2,3)4/h5-19,25-26,29,31,35-36,59-60H,20-24,27-28H2,1-4H3,(H,52,53,54)/t35-,36-/m0/s1. The molecule has 1 saturated carbocycles. The molecule has 2 bridgehead atoms. The minimum atomic E-state index is -0.946. The Kier molecular flexibility index (Phi) is 9.66. The number of benzene rings is 5. The van der Waals surface area contributed by atoms with Crippen LogP contribution in [-0.2, 0) is 10.3 Å². The summed E-state index contributed by atoms with van der Waals surface area (Å²) in [7, 11) is 0. The number of hydrogen-bond donors (Lipinski definition) is 3. The van der Waals surface area contributed by atoms with E-state index >= 15 is 4.39 Å². The van der Waals surface area contributed by atoms with Crippen molar-refractivity contribution in [3.63, 3.8) is 0 Å². The lowest BCUT2D eigenvalue weighted by molar-refractivity contribution is 0.0214. The van der Waals surface area contributed by atoms with E-state index in [9.17, 15) is 15.0 Å². The zero-order valence-corrected chi connectivity index (χ0v) is 35.3. The number of nitrogens with zero attached hydrogens (tertiary/aromatic N) is 6. The minimum absolute atomic E-state index is 0.0301. The van der Waals surface area contributed by atoms with Gasteiger partial charge in [0, 0.05) is 53.8 Å². The number of aromatic hydroxyl groups is 1. The largest absolute Gasteiger partial charge is 0.505 e. The first kappa shape index (κ1) is 39.6. The zero-order valence-electron chi connectivity index (χ0n) is 35.3. The number of aliphatic hydroxyl groups excluding tert-OH is 1. The molecule has 62 heavy (non-hydrogen) atoms. The Morgan fingerprint density at radius 2 is 1.48 bits per heavy atom. The monoisotopic (exact) mass is 831 g/mol. The number of carbonyl (C=O) groups excluding carboxylic acids is 1. The molecule has 2 aromatic heterocycles. The van der Waals surface area contributed by atoms with E-state index in [1.165, 1.54) is 6.07 Å². The SMILES string of the molecule is Cc1c(F)cc2nn(C(c3ccccc3)(c3ccccc3)c3ccccc3)cc2c1-c1c(C2CC2)cc2c(N3C[C@@H]4C[C@H]3CN4C(=O)OC(C)(C)C)nc(NCCO)nc2c1O. The summed E-state index contributed by atoms with van der Waals surface area (Å²) in [6.45, 7) is 8.43. The van der Waals surface area contributed by atoms with Gasteiger partial charge in [-0.15, -0.1) is 0 Å². The maximum atomic E-state index is 16.6. The lowest BCUT2D eigenvalue weighted by Gasteiger charge is -2.36. The Labute approximate surface area is 359 Å². The van der Waals surface area contributed by atoms with Gasteiger partial charge in [-0.25, -0.2) is 14.2 Å². The van der Waals surface area contributed by atoms with Gasteiger partial charge in [-0.3, -0.25) is 4.68 Å². The average molecular weight is 832 g/mol. The summed E-state index contributed by atoms with van der Waals surface area (Å²) in [5.74, 6) is 0.523. The lowest BCUT2D eigenvalue weighted by atomic mass is 9.77. The van der Waals surface area contributed by atoms with E-state index in [-0.39, 0.29) is 48.9 Å². The first-order chi connectivity index (χ1) is 30.0. The second-order valence-corrected chi connectivity index (χ2v) is 17.9. The molecule has 3 aliphatic rings. The van der Waals surface area contributed by atoms with Crippen molar-refractivity contribution >= 4 is 39.7 Å². The quantitative estimate of drug-likeness (QED) is 0.116. The fourth-order valence-corrected chi connectivity index (χ4v) is 9.83. The number of fused-ring (bicyclic) bond motifs is 4. The molecule has 1 aliphatic carbocycles. The van der Waals surface area contributed by atoms with Crippen LogP contribution in [0, 0.1) is 12.7 Å². The fourth-order valence-electron chi connectivity index (χ4n) is 9.83. The first-order valence-corrected chi connectivity index (χ1v) is 21.5. The maximum Gasteiger partial charge on any atom is 0.410 e. The Hall–Kier alpha value is -6.53. The number of anilines is 2. The number of carbonyl (C=O) groups is 1. The molecule has 2 saturated heterocycles. The van der Waals surface area contributed by atoms with Crippen LogP contribution in [0.5, 0.6) is 5.75 Å². The van der Waals surface area contributed by atoms with Crippen molar-refractivity contribution in [3.8, 4) is 16.9 Å². The van der Waals surface area contributed by atoms with E-state index in [2.05, 4.69) is 52.7 Å². The summed E-state index contributed by atoms with van der Waals surface area (Å²) < 4.78 is 24.3. The summed E-state index contributed by atoms with van der Waals surface area (Å²) in [6, 6.07) is 34.2. The Bertz CT molecular complexity index is 2730. The number of aliphatic hydroxyl groups is 1. The van der Waals surface area contributed by atoms with Crippen LogP contribution in [0.3, 0.4) is 0 Å². The summed E-state index contributed by atoms with van der Waals surface area (Å²) in [5, 5.41) is 32.3. The summed E-state index contributed by atoms with van der Waals surface area (Å²) in [4.78, 5) is 27.1. The third-order valence-corrected chi connectivity index (χ3v) is 12.7. The highest BCUT2D eigenvalue weighted by Crippen LogP contribution is 2.53. The van der Waals surface area contributed by atoms with Crippen LogP contribution in [0.25, 0.3) is 32.9 Å². The summed E-state index contributed by atoms with van der Waals surface area (Å²) >= 11 is 0. The maximum absolute atomic E-state index is 16.6. The number of halogens is 1. The van der Waals surface area contributed by atoms with Crippen molar-refractivity contribution in [1.82, 2.24) is 24.6 Å². The molecule has 11 nitrogen and oxygen atoms in total. The predicted octanol–water partition coefficient (Wildman–Crippen LogP) is 9.12. The highest BCUT2D eigenvalue weighted by atomic mass is 19.1. The molecule has 10 rings (SSSR count). The van der Waals surface area contributed by atoms with Gasteiger partial charge in [0.25, 0.3) is 0 Å². The molecule has 0 radical (unpaired) electrons. The molecule has 2 atom stereocenters. The van der Waals surface area contributed by atoms with Crippen LogP contribution in [0.4, 0.5) is 21.0 Å². The van der Waals surface area contributed by atoms with Gasteiger partial charge in [-0.2, -0.15) is 10.1 Å². The molecule has 7 aromatic rings. The molecule has 5 aromatic carbocycles. The molecule has 316 valence electrons. The Morgan fingerprint density at radius 1 is 0.855 bits per heavy atom. The number of phenols is 1. The number of amides is 1.